The highest BCUT2D eigenvalue weighted by molar-refractivity contribution is 5.82. The van der Waals surface area contributed by atoms with E-state index in [1.54, 1.807) is 0 Å². The Morgan fingerprint density at radius 1 is 0.963 bits per heavy atom. The predicted octanol–water partition coefficient (Wildman–Crippen LogP) is 4.35. The smallest absolute Gasteiger partial charge is 0.265 e. The van der Waals surface area contributed by atoms with Crippen LogP contribution in [0.5, 0.6) is 5.75 Å². The summed E-state index contributed by atoms with van der Waals surface area (Å²) in [5.41, 5.74) is 1.86. The van der Waals surface area contributed by atoms with Crippen LogP contribution in [0.2, 0.25) is 0 Å². The molecule has 1 N–H and O–H groups in total. The maximum absolute atomic E-state index is 12.9. The van der Waals surface area contributed by atoms with Crippen LogP contribution in [0.25, 0.3) is 0 Å². The van der Waals surface area contributed by atoms with Crippen LogP contribution in [0, 0.1) is 6.92 Å². The molecular formula is C23H32N2O2. The number of aryl methyl sites for hydroxylation is 1. The molecule has 0 aliphatic carbocycles. The summed E-state index contributed by atoms with van der Waals surface area (Å²) in [5.74, 6) is 0.615. The van der Waals surface area contributed by atoms with E-state index in [-0.39, 0.29) is 5.91 Å². The number of nitrogens with one attached hydrogen (secondary N) is 1. The normalized spacial score (nSPS) is 12.4. The Morgan fingerprint density at radius 2 is 1.56 bits per heavy atom. The van der Waals surface area contributed by atoms with Gasteiger partial charge in [-0.1, -0.05) is 48.5 Å². The molecule has 0 aromatic heterocycles. The van der Waals surface area contributed by atoms with Crippen molar-refractivity contribution in [1.29, 1.82) is 0 Å². The van der Waals surface area contributed by atoms with E-state index in [2.05, 4.69) is 37.9 Å². The van der Waals surface area contributed by atoms with E-state index in [0.29, 0.717) is 18.6 Å². The second kappa shape index (κ2) is 10.1. The molecule has 2 aromatic carbocycles. The average molecular weight is 369 g/mol. The van der Waals surface area contributed by atoms with Crippen molar-refractivity contribution in [3.05, 3.63) is 65.7 Å². The molecule has 0 bridgehead atoms. The van der Waals surface area contributed by atoms with Crippen molar-refractivity contribution in [3.8, 4) is 5.75 Å². The van der Waals surface area contributed by atoms with Crippen LogP contribution in [0.1, 0.15) is 44.9 Å². The van der Waals surface area contributed by atoms with Gasteiger partial charge in [-0.3, -0.25) is 9.69 Å². The Balaban J connectivity index is 2.09. The molecule has 1 amide bonds. The standard InChI is InChI=1S/C23H32N2O2/c1-17(2)25(18(3)4)16-15-24-23(26)22(20-12-7-6-8-13-20)27-21-14-10-9-11-19(21)5/h6-14,17-18,22H,15-16H2,1-5H3,(H,24,26). The lowest BCUT2D eigenvalue weighted by Gasteiger charge is -2.30. The summed E-state index contributed by atoms with van der Waals surface area (Å²) >= 11 is 0. The first-order chi connectivity index (χ1) is 12.9. The van der Waals surface area contributed by atoms with Gasteiger partial charge in [-0.05, 0) is 46.2 Å². The Labute approximate surface area is 163 Å². The molecule has 0 heterocycles. The number of hydrogen-bond acceptors (Lipinski definition) is 3. The second-order valence-corrected chi connectivity index (χ2v) is 7.39. The number of carbonyl (C=O) groups excluding carboxylic acids is 1. The number of ether oxygens (including phenoxy) is 1. The first kappa shape index (κ1) is 21.0. The van der Waals surface area contributed by atoms with Crippen LogP contribution in [0.3, 0.4) is 0 Å². The van der Waals surface area contributed by atoms with Gasteiger partial charge in [0.15, 0.2) is 0 Å². The van der Waals surface area contributed by atoms with Crippen molar-refractivity contribution in [1.82, 2.24) is 10.2 Å². The minimum Gasteiger partial charge on any atom is -0.476 e. The van der Waals surface area contributed by atoms with Gasteiger partial charge in [0.25, 0.3) is 5.91 Å². The highest BCUT2D eigenvalue weighted by atomic mass is 16.5. The number of nitrogens with zero attached hydrogens (tertiary/aromatic N) is 1. The van der Waals surface area contributed by atoms with Crippen LogP contribution >= 0.6 is 0 Å². The van der Waals surface area contributed by atoms with Crippen LogP contribution in [-0.4, -0.2) is 36.0 Å². The fourth-order valence-corrected chi connectivity index (χ4v) is 3.23. The first-order valence-electron chi connectivity index (χ1n) is 9.70. The monoisotopic (exact) mass is 368 g/mol. The van der Waals surface area contributed by atoms with Gasteiger partial charge in [-0.15, -0.1) is 0 Å². The van der Waals surface area contributed by atoms with E-state index in [0.717, 1.165) is 23.4 Å². The van der Waals surface area contributed by atoms with E-state index in [1.807, 2.05) is 61.5 Å². The molecule has 1 atom stereocenters. The quantitative estimate of drug-likeness (QED) is 0.715. The maximum atomic E-state index is 12.9. The highest BCUT2D eigenvalue weighted by Gasteiger charge is 2.23. The molecule has 2 aromatic rings. The Kier molecular flexibility index (Phi) is 7.86. The zero-order valence-corrected chi connectivity index (χ0v) is 17.1. The third-order valence-corrected chi connectivity index (χ3v) is 4.67. The van der Waals surface area contributed by atoms with Crippen molar-refractivity contribution >= 4 is 5.91 Å². The number of carbonyl (C=O) groups is 1. The molecule has 0 aliphatic rings. The van der Waals surface area contributed by atoms with Gasteiger partial charge < -0.3 is 10.1 Å². The third kappa shape index (κ3) is 6.10. The number of amides is 1. The fraction of sp³-hybridized carbons (Fsp3) is 0.435. The molecule has 4 nitrogen and oxygen atoms in total. The van der Waals surface area contributed by atoms with E-state index in [4.69, 9.17) is 4.74 Å². The molecule has 2 rings (SSSR count). The first-order valence-corrected chi connectivity index (χ1v) is 9.70. The zero-order chi connectivity index (χ0) is 19.8. The molecule has 0 fully saturated rings. The maximum Gasteiger partial charge on any atom is 0.265 e. The van der Waals surface area contributed by atoms with Crippen molar-refractivity contribution in [2.24, 2.45) is 0 Å². The van der Waals surface area contributed by atoms with Crippen molar-refractivity contribution < 1.29 is 9.53 Å². The summed E-state index contributed by atoms with van der Waals surface area (Å²) in [6, 6.07) is 18.3. The lowest BCUT2D eigenvalue weighted by molar-refractivity contribution is -0.128. The Hall–Kier alpha value is -2.33. The number of hydrogen-bond donors (Lipinski definition) is 1. The van der Waals surface area contributed by atoms with Gasteiger partial charge in [0, 0.05) is 30.7 Å². The Morgan fingerprint density at radius 3 is 2.15 bits per heavy atom. The SMILES string of the molecule is Cc1ccccc1OC(C(=O)NCCN(C(C)C)C(C)C)c1ccccc1. The van der Waals surface area contributed by atoms with Crippen molar-refractivity contribution in [2.45, 2.75) is 52.8 Å². The number of para-hydroxylation sites is 1. The predicted molar refractivity (Wildman–Crippen MR) is 111 cm³/mol. The summed E-state index contributed by atoms with van der Waals surface area (Å²) in [4.78, 5) is 15.3. The number of rotatable bonds is 9. The third-order valence-electron chi connectivity index (χ3n) is 4.67. The summed E-state index contributed by atoms with van der Waals surface area (Å²) < 4.78 is 6.12. The minimum atomic E-state index is -0.668. The van der Waals surface area contributed by atoms with E-state index in [1.165, 1.54) is 0 Å². The van der Waals surface area contributed by atoms with Crippen LogP contribution in [0.15, 0.2) is 54.6 Å². The van der Waals surface area contributed by atoms with Crippen molar-refractivity contribution in [2.75, 3.05) is 13.1 Å². The lowest BCUT2D eigenvalue weighted by atomic mass is 10.1. The van der Waals surface area contributed by atoms with E-state index in [9.17, 15) is 4.79 Å². The summed E-state index contributed by atoms with van der Waals surface area (Å²) in [7, 11) is 0. The summed E-state index contributed by atoms with van der Waals surface area (Å²) in [6.45, 7) is 12.1. The minimum absolute atomic E-state index is 0.114. The van der Waals surface area contributed by atoms with Gasteiger partial charge in [0.2, 0.25) is 6.10 Å². The molecule has 1 unspecified atom stereocenters. The van der Waals surface area contributed by atoms with Gasteiger partial charge >= 0.3 is 0 Å². The Bertz CT molecular complexity index is 705. The van der Waals surface area contributed by atoms with E-state index < -0.39 is 6.10 Å². The topological polar surface area (TPSA) is 41.6 Å². The average Bonchev–Trinajstić information content (AvgIpc) is 2.64. The molecule has 27 heavy (non-hydrogen) atoms. The van der Waals surface area contributed by atoms with Gasteiger partial charge in [-0.25, -0.2) is 0 Å². The van der Waals surface area contributed by atoms with Crippen molar-refractivity contribution in [3.63, 3.8) is 0 Å². The molecule has 0 radical (unpaired) electrons. The highest BCUT2D eigenvalue weighted by Crippen LogP contribution is 2.25. The molecule has 0 saturated carbocycles. The van der Waals surface area contributed by atoms with Crippen LogP contribution in [-0.2, 0) is 4.79 Å². The van der Waals surface area contributed by atoms with Gasteiger partial charge in [0.05, 0.1) is 0 Å². The summed E-state index contributed by atoms with van der Waals surface area (Å²) in [6.07, 6.45) is -0.668. The molecule has 0 aliphatic heterocycles. The zero-order valence-electron chi connectivity index (χ0n) is 17.1. The summed E-state index contributed by atoms with van der Waals surface area (Å²) in [5, 5.41) is 3.06. The molecule has 0 spiro atoms. The number of benzene rings is 2. The molecule has 146 valence electrons. The second-order valence-electron chi connectivity index (χ2n) is 7.39. The molecule has 0 saturated heterocycles. The lowest BCUT2D eigenvalue weighted by Crippen LogP contribution is -2.43. The van der Waals surface area contributed by atoms with Crippen LogP contribution < -0.4 is 10.1 Å². The largest absolute Gasteiger partial charge is 0.476 e. The molecule has 4 heteroatoms. The van der Waals surface area contributed by atoms with E-state index >= 15 is 0 Å². The fourth-order valence-electron chi connectivity index (χ4n) is 3.23. The van der Waals surface area contributed by atoms with Gasteiger partial charge in [0.1, 0.15) is 5.75 Å². The van der Waals surface area contributed by atoms with Gasteiger partial charge in [-0.2, -0.15) is 0 Å². The van der Waals surface area contributed by atoms with Crippen LogP contribution in [0.4, 0.5) is 0 Å². The molecular weight excluding hydrogens is 336 g/mol.